The Morgan fingerprint density at radius 2 is 2.21 bits per heavy atom. The molecule has 2 heterocycles. The van der Waals surface area contributed by atoms with Gasteiger partial charge in [-0.25, -0.2) is 0 Å². The SMILES string of the molecule is CC(C(=O)N1CCCC1)c1ccsc1. The molecule has 1 aliphatic heterocycles. The molecular weight excluding hydrogens is 194 g/mol. The molecule has 0 saturated carbocycles. The van der Waals surface area contributed by atoms with Crippen molar-refractivity contribution in [1.29, 1.82) is 0 Å². The third-order valence-electron chi connectivity index (χ3n) is 2.83. The number of rotatable bonds is 2. The average Bonchev–Trinajstić information content (AvgIpc) is 2.87. The Hall–Kier alpha value is -0.830. The van der Waals surface area contributed by atoms with Gasteiger partial charge in [-0.15, -0.1) is 0 Å². The van der Waals surface area contributed by atoms with E-state index in [4.69, 9.17) is 0 Å². The standard InChI is InChI=1S/C11H15NOS/c1-9(10-4-7-14-8-10)11(13)12-5-2-3-6-12/h4,7-9H,2-3,5-6H2,1H3. The van der Waals surface area contributed by atoms with E-state index in [0.717, 1.165) is 18.7 Å². The first-order valence-corrected chi connectivity index (χ1v) is 6.04. The summed E-state index contributed by atoms with van der Waals surface area (Å²) in [5.41, 5.74) is 1.16. The van der Waals surface area contributed by atoms with Crippen molar-refractivity contribution in [1.82, 2.24) is 4.90 Å². The molecule has 0 radical (unpaired) electrons. The van der Waals surface area contributed by atoms with Gasteiger partial charge >= 0.3 is 0 Å². The Bertz CT molecular complexity index is 301. The van der Waals surface area contributed by atoms with Crippen molar-refractivity contribution in [3.05, 3.63) is 22.4 Å². The van der Waals surface area contributed by atoms with Crippen LogP contribution in [0.2, 0.25) is 0 Å². The minimum absolute atomic E-state index is 0.0411. The Morgan fingerprint density at radius 3 is 2.79 bits per heavy atom. The van der Waals surface area contributed by atoms with Crippen LogP contribution in [0.1, 0.15) is 31.2 Å². The van der Waals surface area contributed by atoms with E-state index in [-0.39, 0.29) is 5.92 Å². The average molecular weight is 209 g/mol. The van der Waals surface area contributed by atoms with E-state index in [0.29, 0.717) is 5.91 Å². The number of carbonyl (C=O) groups excluding carboxylic acids is 1. The van der Waals surface area contributed by atoms with Gasteiger partial charge in [0.1, 0.15) is 0 Å². The van der Waals surface area contributed by atoms with E-state index in [1.807, 2.05) is 23.3 Å². The number of hydrogen-bond acceptors (Lipinski definition) is 2. The van der Waals surface area contributed by atoms with E-state index in [1.54, 1.807) is 11.3 Å². The monoisotopic (exact) mass is 209 g/mol. The van der Waals surface area contributed by atoms with Crippen molar-refractivity contribution in [2.75, 3.05) is 13.1 Å². The lowest BCUT2D eigenvalue weighted by molar-refractivity contribution is -0.131. The maximum Gasteiger partial charge on any atom is 0.229 e. The molecule has 1 fully saturated rings. The van der Waals surface area contributed by atoms with Gasteiger partial charge in [0, 0.05) is 13.1 Å². The van der Waals surface area contributed by atoms with E-state index in [1.165, 1.54) is 12.8 Å². The molecule has 1 aromatic heterocycles. The molecule has 1 aromatic rings. The molecule has 1 saturated heterocycles. The maximum absolute atomic E-state index is 12.0. The molecule has 14 heavy (non-hydrogen) atoms. The highest BCUT2D eigenvalue weighted by molar-refractivity contribution is 7.08. The maximum atomic E-state index is 12.0. The largest absolute Gasteiger partial charge is 0.342 e. The molecule has 0 N–H and O–H groups in total. The predicted molar refractivity (Wildman–Crippen MR) is 58.5 cm³/mol. The number of likely N-dealkylation sites (tertiary alicyclic amines) is 1. The fourth-order valence-corrected chi connectivity index (χ4v) is 2.63. The third-order valence-corrected chi connectivity index (χ3v) is 3.53. The number of thiophene rings is 1. The molecule has 0 aromatic carbocycles. The molecule has 2 rings (SSSR count). The minimum Gasteiger partial charge on any atom is -0.342 e. The first-order valence-electron chi connectivity index (χ1n) is 5.10. The third kappa shape index (κ3) is 1.82. The lowest BCUT2D eigenvalue weighted by atomic mass is 10.0. The summed E-state index contributed by atoms with van der Waals surface area (Å²) in [6.45, 7) is 3.91. The Balaban J connectivity index is 2.04. The molecule has 76 valence electrons. The van der Waals surface area contributed by atoms with Gasteiger partial charge in [0.15, 0.2) is 0 Å². The van der Waals surface area contributed by atoms with Crippen LogP contribution in [0.5, 0.6) is 0 Å². The zero-order valence-electron chi connectivity index (χ0n) is 8.40. The van der Waals surface area contributed by atoms with Crippen molar-refractivity contribution in [2.24, 2.45) is 0 Å². The number of carbonyl (C=O) groups is 1. The highest BCUT2D eigenvalue weighted by atomic mass is 32.1. The minimum atomic E-state index is 0.0411. The van der Waals surface area contributed by atoms with Crippen LogP contribution < -0.4 is 0 Å². The molecule has 0 aliphatic carbocycles. The van der Waals surface area contributed by atoms with Crippen LogP contribution in [0.4, 0.5) is 0 Å². The van der Waals surface area contributed by atoms with Crippen LogP contribution in [0, 0.1) is 0 Å². The Labute approximate surface area is 88.5 Å². The molecule has 1 unspecified atom stereocenters. The summed E-state index contributed by atoms with van der Waals surface area (Å²) in [5, 5.41) is 4.10. The molecular formula is C11H15NOS. The first kappa shape index (κ1) is 9.71. The number of hydrogen-bond donors (Lipinski definition) is 0. The molecule has 1 atom stereocenters. The molecule has 1 amide bonds. The Kier molecular flexibility index (Phi) is 2.87. The summed E-state index contributed by atoms with van der Waals surface area (Å²) in [6.07, 6.45) is 2.34. The number of amides is 1. The second kappa shape index (κ2) is 4.13. The lowest BCUT2D eigenvalue weighted by Crippen LogP contribution is -2.31. The van der Waals surface area contributed by atoms with Crippen LogP contribution in [0.15, 0.2) is 16.8 Å². The van der Waals surface area contributed by atoms with E-state index < -0.39 is 0 Å². The molecule has 0 bridgehead atoms. The zero-order chi connectivity index (χ0) is 9.97. The van der Waals surface area contributed by atoms with Crippen molar-refractivity contribution >= 4 is 17.2 Å². The van der Waals surface area contributed by atoms with Crippen LogP contribution >= 0.6 is 11.3 Å². The molecule has 1 aliphatic rings. The smallest absolute Gasteiger partial charge is 0.229 e. The van der Waals surface area contributed by atoms with E-state index in [9.17, 15) is 4.79 Å². The Morgan fingerprint density at radius 1 is 1.50 bits per heavy atom. The lowest BCUT2D eigenvalue weighted by Gasteiger charge is -2.19. The van der Waals surface area contributed by atoms with Gasteiger partial charge in [-0.05, 0) is 42.2 Å². The summed E-state index contributed by atoms with van der Waals surface area (Å²) in [4.78, 5) is 14.0. The van der Waals surface area contributed by atoms with Gasteiger partial charge in [0.2, 0.25) is 5.91 Å². The normalized spacial score (nSPS) is 18.5. The molecule has 2 nitrogen and oxygen atoms in total. The molecule has 3 heteroatoms. The van der Waals surface area contributed by atoms with Crippen LogP contribution in [-0.2, 0) is 4.79 Å². The second-order valence-corrected chi connectivity index (χ2v) is 4.59. The summed E-state index contributed by atoms with van der Waals surface area (Å²) < 4.78 is 0. The van der Waals surface area contributed by atoms with Crippen molar-refractivity contribution < 1.29 is 4.79 Å². The fraction of sp³-hybridized carbons (Fsp3) is 0.545. The summed E-state index contributed by atoms with van der Waals surface area (Å²) in [7, 11) is 0. The quantitative estimate of drug-likeness (QED) is 0.732. The summed E-state index contributed by atoms with van der Waals surface area (Å²) in [5.74, 6) is 0.334. The van der Waals surface area contributed by atoms with Gasteiger partial charge in [0.25, 0.3) is 0 Å². The molecule has 0 spiro atoms. The van der Waals surface area contributed by atoms with Crippen molar-refractivity contribution in [3.63, 3.8) is 0 Å². The van der Waals surface area contributed by atoms with E-state index in [2.05, 4.69) is 5.38 Å². The predicted octanol–water partition coefficient (Wildman–Crippen LogP) is 2.47. The van der Waals surface area contributed by atoms with Crippen LogP contribution in [0.3, 0.4) is 0 Å². The first-order chi connectivity index (χ1) is 6.79. The highest BCUT2D eigenvalue weighted by Crippen LogP contribution is 2.22. The van der Waals surface area contributed by atoms with Crippen molar-refractivity contribution in [3.8, 4) is 0 Å². The zero-order valence-corrected chi connectivity index (χ0v) is 9.22. The van der Waals surface area contributed by atoms with Gasteiger partial charge in [-0.2, -0.15) is 11.3 Å². The van der Waals surface area contributed by atoms with Crippen LogP contribution in [-0.4, -0.2) is 23.9 Å². The van der Waals surface area contributed by atoms with Crippen molar-refractivity contribution in [2.45, 2.75) is 25.7 Å². The topological polar surface area (TPSA) is 20.3 Å². The van der Waals surface area contributed by atoms with Gasteiger partial charge < -0.3 is 4.90 Å². The van der Waals surface area contributed by atoms with Gasteiger partial charge in [-0.1, -0.05) is 0 Å². The fourth-order valence-electron chi connectivity index (χ4n) is 1.88. The summed E-state index contributed by atoms with van der Waals surface area (Å²) >= 11 is 1.66. The van der Waals surface area contributed by atoms with E-state index >= 15 is 0 Å². The van der Waals surface area contributed by atoms with Gasteiger partial charge in [-0.3, -0.25) is 4.79 Å². The van der Waals surface area contributed by atoms with Gasteiger partial charge in [0.05, 0.1) is 5.92 Å². The highest BCUT2D eigenvalue weighted by Gasteiger charge is 2.24. The second-order valence-electron chi connectivity index (χ2n) is 3.81. The summed E-state index contributed by atoms with van der Waals surface area (Å²) in [6, 6.07) is 2.04. The van der Waals surface area contributed by atoms with Crippen LogP contribution in [0.25, 0.3) is 0 Å². The number of nitrogens with zero attached hydrogens (tertiary/aromatic N) is 1.